The number of aliphatic hydroxyl groups is 1. The van der Waals surface area contributed by atoms with E-state index in [2.05, 4.69) is 4.98 Å². The van der Waals surface area contributed by atoms with Crippen LogP contribution in [-0.2, 0) is 6.61 Å². The molecule has 19 heavy (non-hydrogen) atoms. The summed E-state index contributed by atoms with van der Waals surface area (Å²) < 4.78 is 5.44. The van der Waals surface area contributed by atoms with E-state index in [-0.39, 0.29) is 24.0 Å². The van der Waals surface area contributed by atoms with Gasteiger partial charge in [0.1, 0.15) is 5.75 Å². The van der Waals surface area contributed by atoms with Gasteiger partial charge in [0, 0.05) is 17.7 Å². The first-order chi connectivity index (χ1) is 9.11. The topological polar surface area (TPSA) is 112 Å². The fourth-order valence-corrected chi connectivity index (χ4v) is 1.51. The Labute approximate surface area is 108 Å². The van der Waals surface area contributed by atoms with E-state index in [4.69, 9.17) is 15.6 Å². The minimum Gasteiger partial charge on any atom is -0.439 e. The third kappa shape index (κ3) is 2.78. The van der Waals surface area contributed by atoms with Crippen LogP contribution < -0.4 is 10.5 Å². The van der Waals surface area contributed by atoms with Crippen LogP contribution in [0.15, 0.2) is 36.4 Å². The quantitative estimate of drug-likeness (QED) is 0.641. The second-order valence-corrected chi connectivity index (χ2v) is 3.68. The summed E-state index contributed by atoms with van der Waals surface area (Å²) in [6.07, 6.45) is 0. The predicted molar refractivity (Wildman–Crippen MR) is 67.7 cm³/mol. The number of nitrogens with two attached hydrogens (primary N) is 1. The minimum atomic E-state index is -0.617. The second-order valence-electron chi connectivity index (χ2n) is 3.68. The number of nitrogen functional groups attached to an aromatic ring is 1. The molecule has 1 aromatic heterocycles. The minimum absolute atomic E-state index is 0.129. The van der Waals surface area contributed by atoms with E-state index in [9.17, 15) is 10.1 Å². The summed E-state index contributed by atoms with van der Waals surface area (Å²) in [6.45, 7) is -0.182. The standard InChI is InChI=1S/C12H11N3O4/c13-12-9(15(17)18)5-6-11(14-12)19-10-4-2-1-3-8(10)7-16/h1-6,16H,7H2,(H2,13,14). The molecule has 0 saturated heterocycles. The lowest BCUT2D eigenvalue weighted by atomic mass is 10.2. The summed E-state index contributed by atoms with van der Waals surface area (Å²) >= 11 is 0. The van der Waals surface area contributed by atoms with Gasteiger partial charge in [0.2, 0.25) is 11.7 Å². The largest absolute Gasteiger partial charge is 0.439 e. The number of nitrogens with zero attached hydrogens (tertiary/aromatic N) is 2. The van der Waals surface area contributed by atoms with Gasteiger partial charge in [0.25, 0.3) is 0 Å². The van der Waals surface area contributed by atoms with Crippen molar-refractivity contribution in [3.8, 4) is 11.6 Å². The highest BCUT2D eigenvalue weighted by molar-refractivity contribution is 5.53. The molecule has 2 rings (SSSR count). The molecule has 2 aromatic rings. The van der Waals surface area contributed by atoms with E-state index in [0.717, 1.165) is 0 Å². The molecule has 98 valence electrons. The Morgan fingerprint density at radius 1 is 1.32 bits per heavy atom. The molecule has 0 aliphatic carbocycles. The Bertz CT molecular complexity index is 616. The number of nitro groups is 1. The Kier molecular flexibility index (Phi) is 3.58. The molecular weight excluding hydrogens is 250 g/mol. The van der Waals surface area contributed by atoms with Gasteiger partial charge >= 0.3 is 5.69 Å². The van der Waals surface area contributed by atoms with Gasteiger partial charge in [-0.05, 0) is 6.07 Å². The van der Waals surface area contributed by atoms with Gasteiger partial charge in [-0.25, -0.2) is 0 Å². The smallest absolute Gasteiger partial charge is 0.311 e. The van der Waals surface area contributed by atoms with E-state index >= 15 is 0 Å². The van der Waals surface area contributed by atoms with Gasteiger partial charge in [-0.3, -0.25) is 10.1 Å². The highest BCUT2D eigenvalue weighted by Gasteiger charge is 2.14. The fourth-order valence-electron chi connectivity index (χ4n) is 1.51. The maximum Gasteiger partial charge on any atom is 0.311 e. The molecule has 0 atom stereocenters. The van der Waals surface area contributed by atoms with Gasteiger partial charge in [-0.2, -0.15) is 4.98 Å². The maximum absolute atomic E-state index is 10.6. The molecule has 0 spiro atoms. The van der Waals surface area contributed by atoms with Crippen LogP contribution in [0.2, 0.25) is 0 Å². The van der Waals surface area contributed by atoms with Crippen molar-refractivity contribution in [1.29, 1.82) is 0 Å². The zero-order valence-electron chi connectivity index (χ0n) is 9.81. The third-order valence-corrected chi connectivity index (χ3v) is 2.43. The monoisotopic (exact) mass is 261 g/mol. The summed E-state index contributed by atoms with van der Waals surface area (Å²) in [6, 6.07) is 9.43. The number of pyridine rings is 1. The maximum atomic E-state index is 10.6. The number of para-hydroxylation sites is 1. The number of aromatic nitrogens is 1. The SMILES string of the molecule is Nc1nc(Oc2ccccc2CO)ccc1[N+](=O)[O-]. The first-order valence-corrected chi connectivity index (χ1v) is 5.39. The number of hydrogen-bond acceptors (Lipinski definition) is 6. The second kappa shape index (κ2) is 5.32. The highest BCUT2D eigenvalue weighted by atomic mass is 16.6. The molecule has 0 aliphatic rings. The number of anilines is 1. The van der Waals surface area contributed by atoms with E-state index in [1.165, 1.54) is 12.1 Å². The summed E-state index contributed by atoms with van der Waals surface area (Å²) in [5.74, 6) is 0.332. The number of benzene rings is 1. The molecule has 0 unspecified atom stereocenters. The average Bonchev–Trinajstić information content (AvgIpc) is 2.39. The number of aliphatic hydroxyl groups excluding tert-OH is 1. The van der Waals surface area contributed by atoms with Crippen LogP contribution in [0.1, 0.15) is 5.56 Å². The van der Waals surface area contributed by atoms with Gasteiger partial charge in [-0.15, -0.1) is 0 Å². The fraction of sp³-hybridized carbons (Fsp3) is 0.0833. The molecule has 7 nitrogen and oxygen atoms in total. The Morgan fingerprint density at radius 3 is 2.68 bits per heavy atom. The van der Waals surface area contributed by atoms with Crippen molar-refractivity contribution in [3.05, 3.63) is 52.1 Å². The molecule has 3 N–H and O–H groups in total. The van der Waals surface area contributed by atoms with Crippen molar-refractivity contribution >= 4 is 11.5 Å². The van der Waals surface area contributed by atoms with Crippen molar-refractivity contribution in [3.63, 3.8) is 0 Å². The Morgan fingerprint density at radius 2 is 2.05 bits per heavy atom. The zero-order valence-corrected chi connectivity index (χ0v) is 9.81. The van der Waals surface area contributed by atoms with Crippen molar-refractivity contribution in [2.75, 3.05) is 5.73 Å². The van der Waals surface area contributed by atoms with Crippen molar-refractivity contribution in [2.24, 2.45) is 0 Å². The molecule has 1 aromatic carbocycles. The van der Waals surface area contributed by atoms with Gasteiger partial charge in [0.15, 0.2) is 0 Å². The Balaban J connectivity index is 2.29. The van der Waals surface area contributed by atoms with E-state index in [0.29, 0.717) is 11.3 Å². The van der Waals surface area contributed by atoms with Gasteiger partial charge < -0.3 is 15.6 Å². The molecule has 0 radical (unpaired) electrons. The molecule has 0 saturated carbocycles. The van der Waals surface area contributed by atoms with Crippen molar-refractivity contribution < 1.29 is 14.8 Å². The zero-order chi connectivity index (χ0) is 13.8. The van der Waals surface area contributed by atoms with Crippen LogP contribution >= 0.6 is 0 Å². The van der Waals surface area contributed by atoms with Crippen LogP contribution in [0, 0.1) is 10.1 Å². The van der Waals surface area contributed by atoms with Crippen molar-refractivity contribution in [2.45, 2.75) is 6.61 Å². The molecule has 0 amide bonds. The molecular formula is C12H11N3O4. The summed E-state index contributed by atoms with van der Waals surface area (Å²) in [7, 11) is 0. The first-order valence-electron chi connectivity index (χ1n) is 5.39. The molecule has 0 fully saturated rings. The predicted octanol–water partition coefficient (Wildman–Crippen LogP) is 1.86. The number of rotatable bonds is 4. The van der Waals surface area contributed by atoms with E-state index in [1.54, 1.807) is 24.3 Å². The van der Waals surface area contributed by atoms with Gasteiger partial charge in [-0.1, -0.05) is 18.2 Å². The van der Waals surface area contributed by atoms with Crippen LogP contribution in [0.5, 0.6) is 11.6 Å². The molecule has 7 heteroatoms. The summed E-state index contributed by atoms with van der Waals surface area (Å²) in [5, 5.41) is 19.8. The van der Waals surface area contributed by atoms with E-state index in [1.807, 2.05) is 0 Å². The number of ether oxygens (including phenoxy) is 1. The van der Waals surface area contributed by atoms with Gasteiger partial charge in [0.05, 0.1) is 11.5 Å². The lowest BCUT2D eigenvalue weighted by Crippen LogP contribution is -2.00. The highest BCUT2D eigenvalue weighted by Crippen LogP contribution is 2.27. The summed E-state index contributed by atoms with van der Waals surface area (Å²) in [4.78, 5) is 13.8. The molecule has 0 aliphatic heterocycles. The summed E-state index contributed by atoms with van der Waals surface area (Å²) in [5.41, 5.74) is 5.77. The average molecular weight is 261 g/mol. The molecule has 0 bridgehead atoms. The van der Waals surface area contributed by atoms with Crippen LogP contribution in [0.25, 0.3) is 0 Å². The van der Waals surface area contributed by atoms with E-state index < -0.39 is 4.92 Å². The number of hydrogen-bond donors (Lipinski definition) is 2. The van der Waals surface area contributed by atoms with Crippen LogP contribution in [0.4, 0.5) is 11.5 Å². The first kappa shape index (κ1) is 12.8. The lowest BCUT2D eigenvalue weighted by molar-refractivity contribution is -0.384. The Hall–Kier alpha value is -2.67. The van der Waals surface area contributed by atoms with Crippen LogP contribution in [-0.4, -0.2) is 15.0 Å². The van der Waals surface area contributed by atoms with Crippen LogP contribution in [0.3, 0.4) is 0 Å². The lowest BCUT2D eigenvalue weighted by Gasteiger charge is -2.08. The molecule has 1 heterocycles. The normalized spacial score (nSPS) is 10.2. The third-order valence-electron chi connectivity index (χ3n) is 2.43. The van der Waals surface area contributed by atoms with Crippen molar-refractivity contribution in [1.82, 2.24) is 4.98 Å².